The lowest BCUT2D eigenvalue weighted by atomic mass is 10.0. The highest BCUT2D eigenvalue weighted by molar-refractivity contribution is 6.30. The second-order valence-corrected chi connectivity index (χ2v) is 7.36. The van der Waals surface area contributed by atoms with Crippen molar-refractivity contribution in [3.05, 3.63) is 59.0 Å². The van der Waals surface area contributed by atoms with Crippen LogP contribution < -0.4 is 5.73 Å². The second kappa shape index (κ2) is 6.92. The van der Waals surface area contributed by atoms with Gasteiger partial charge in [0.2, 0.25) is 11.4 Å². The van der Waals surface area contributed by atoms with Crippen molar-refractivity contribution in [1.29, 1.82) is 0 Å². The van der Waals surface area contributed by atoms with Crippen molar-refractivity contribution in [2.75, 3.05) is 13.6 Å². The molecule has 1 aliphatic rings. The molecule has 1 fully saturated rings. The quantitative estimate of drug-likeness (QED) is 0.630. The second-order valence-electron chi connectivity index (χ2n) is 6.92. The molecule has 0 saturated carbocycles. The van der Waals surface area contributed by atoms with E-state index in [4.69, 9.17) is 17.3 Å². The van der Waals surface area contributed by atoms with Crippen LogP contribution in [0.3, 0.4) is 0 Å². The summed E-state index contributed by atoms with van der Waals surface area (Å²) in [7, 11) is 1.63. The zero-order chi connectivity index (χ0) is 20.8. The number of benzene rings is 1. The van der Waals surface area contributed by atoms with E-state index in [1.54, 1.807) is 48.0 Å². The van der Waals surface area contributed by atoms with Crippen molar-refractivity contribution in [3.8, 4) is 23.1 Å². The van der Waals surface area contributed by atoms with E-state index in [-0.39, 0.29) is 12.2 Å². The predicted molar refractivity (Wildman–Crippen MR) is 108 cm³/mol. The third-order valence-corrected chi connectivity index (χ3v) is 5.10. The van der Waals surface area contributed by atoms with Gasteiger partial charge >= 0.3 is 0 Å². The number of pyridine rings is 1. The first-order valence-electron chi connectivity index (χ1n) is 8.87. The van der Waals surface area contributed by atoms with Crippen LogP contribution in [0.1, 0.15) is 22.6 Å². The van der Waals surface area contributed by atoms with Crippen LogP contribution >= 0.6 is 11.6 Å². The van der Waals surface area contributed by atoms with Gasteiger partial charge in [0.05, 0.1) is 16.2 Å². The van der Waals surface area contributed by atoms with Gasteiger partial charge in [-0.3, -0.25) is 14.0 Å². The molecule has 1 atom stereocenters. The van der Waals surface area contributed by atoms with Gasteiger partial charge in [0.1, 0.15) is 0 Å². The van der Waals surface area contributed by atoms with Crippen LogP contribution in [0, 0.1) is 11.8 Å². The molecule has 0 spiro atoms. The number of aromatic nitrogens is 2. The summed E-state index contributed by atoms with van der Waals surface area (Å²) in [6.45, 7) is 0.461. The number of carbonyl (C=O) groups excluding carboxylic acids is 2. The SMILES string of the molecule is CN1CCC(O)(C#Cc2cccc(-c3nc(C(N)=O)n4cc(Cl)ccc34)c2)C1=O. The molecule has 146 valence electrons. The molecule has 3 aromatic rings. The minimum Gasteiger partial charge on any atom is -0.369 e. The van der Waals surface area contributed by atoms with Gasteiger partial charge in [-0.05, 0) is 24.3 Å². The third kappa shape index (κ3) is 3.33. The molecule has 1 unspecified atom stereocenters. The van der Waals surface area contributed by atoms with Crippen molar-refractivity contribution in [3.63, 3.8) is 0 Å². The average molecular weight is 409 g/mol. The van der Waals surface area contributed by atoms with E-state index in [9.17, 15) is 14.7 Å². The molecule has 7 nitrogen and oxygen atoms in total. The Bertz CT molecular complexity index is 1220. The van der Waals surface area contributed by atoms with Crippen LogP contribution in [-0.2, 0) is 4.79 Å². The van der Waals surface area contributed by atoms with Crippen LogP contribution in [0.2, 0.25) is 5.02 Å². The highest BCUT2D eigenvalue weighted by atomic mass is 35.5. The van der Waals surface area contributed by atoms with E-state index in [0.29, 0.717) is 33.9 Å². The number of nitrogens with zero attached hydrogens (tertiary/aromatic N) is 3. The molecule has 1 aliphatic heterocycles. The Morgan fingerprint density at radius 3 is 2.83 bits per heavy atom. The van der Waals surface area contributed by atoms with Crippen LogP contribution in [-0.4, -0.2) is 50.4 Å². The van der Waals surface area contributed by atoms with Crippen molar-refractivity contribution >= 4 is 28.9 Å². The number of aliphatic hydroxyl groups is 1. The number of imidazole rings is 1. The van der Waals surface area contributed by atoms with Gasteiger partial charge < -0.3 is 15.7 Å². The van der Waals surface area contributed by atoms with Crippen LogP contribution in [0.5, 0.6) is 0 Å². The zero-order valence-corrected chi connectivity index (χ0v) is 16.3. The van der Waals surface area contributed by atoms with Gasteiger partial charge in [-0.2, -0.15) is 0 Å². The molecule has 0 bridgehead atoms. The number of hydrogen-bond donors (Lipinski definition) is 2. The molecular formula is C21H17ClN4O3. The van der Waals surface area contributed by atoms with Crippen molar-refractivity contribution in [1.82, 2.24) is 14.3 Å². The van der Waals surface area contributed by atoms with E-state index in [1.165, 1.54) is 4.90 Å². The lowest BCUT2D eigenvalue weighted by Gasteiger charge is -2.13. The standard InChI is InChI=1S/C21H17ClN4O3/c1-25-10-9-21(29,20(25)28)8-7-13-3-2-4-14(11-13)17-16-6-5-15(22)12-26(16)19(24-17)18(23)27/h2-6,11-12,29H,9-10H2,1H3,(H2,23,27). The Balaban J connectivity index is 1.77. The Kier molecular flexibility index (Phi) is 4.53. The average Bonchev–Trinajstić information content (AvgIpc) is 3.20. The molecule has 0 radical (unpaired) electrons. The Labute approximate surface area is 171 Å². The summed E-state index contributed by atoms with van der Waals surface area (Å²) in [6, 6.07) is 10.6. The molecule has 4 rings (SSSR count). The maximum atomic E-state index is 12.1. The Morgan fingerprint density at radius 2 is 2.14 bits per heavy atom. The van der Waals surface area contributed by atoms with E-state index in [1.807, 2.05) is 6.07 Å². The number of carbonyl (C=O) groups is 2. The maximum absolute atomic E-state index is 12.1. The molecular weight excluding hydrogens is 392 g/mol. The number of likely N-dealkylation sites (tertiary alicyclic amines) is 1. The van der Waals surface area contributed by atoms with Gasteiger partial charge in [0.15, 0.2) is 0 Å². The highest BCUT2D eigenvalue weighted by Gasteiger charge is 2.42. The summed E-state index contributed by atoms with van der Waals surface area (Å²) in [5.41, 5.74) is 6.33. The van der Waals surface area contributed by atoms with E-state index >= 15 is 0 Å². The maximum Gasteiger partial charge on any atom is 0.285 e. The summed E-state index contributed by atoms with van der Waals surface area (Å²) < 4.78 is 1.55. The number of rotatable bonds is 2. The Morgan fingerprint density at radius 1 is 1.34 bits per heavy atom. The number of nitrogens with two attached hydrogens (primary N) is 1. The third-order valence-electron chi connectivity index (χ3n) is 4.88. The summed E-state index contributed by atoms with van der Waals surface area (Å²) in [6.07, 6.45) is 1.85. The van der Waals surface area contributed by atoms with Gasteiger partial charge in [-0.15, -0.1) is 0 Å². The lowest BCUT2D eigenvalue weighted by Crippen LogP contribution is -2.37. The number of halogens is 1. The van der Waals surface area contributed by atoms with Crippen molar-refractivity contribution < 1.29 is 14.7 Å². The first-order valence-corrected chi connectivity index (χ1v) is 9.25. The molecule has 1 aromatic carbocycles. The minimum atomic E-state index is -1.66. The van der Waals surface area contributed by atoms with E-state index in [0.717, 1.165) is 0 Å². The first-order chi connectivity index (χ1) is 13.8. The van der Waals surface area contributed by atoms with Gasteiger partial charge in [-0.1, -0.05) is 35.6 Å². The summed E-state index contributed by atoms with van der Waals surface area (Å²) in [5, 5.41) is 10.9. The van der Waals surface area contributed by atoms with E-state index in [2.05, 4.69) is 16.8 Å². The first kappa shape index (κ1) is 19.0. The molecule has 0 aliphatic carbocycles. The minimum absolute atomic E-state index is 0.0721. The summed E-state index contributed by atoms with van der Waals surface area (Å²) in [5.74, 6) is 4.58. The lowest BCUT2D eigenvalue weighted by molar-refractivity contribution is -0.137. The molecule has 8 heteroatoms. The Hall–Kier alpha value is -3.34. The smallest absolute Gasteiger partial charge is 0.285 e. The zero-order valence-electron chi connectivity index (χ0n) is 15.5. The van der Waals surface area contributed by atoms with Crippen LogP contribution in [0.4, 0.5) is 0 Å². The van der Waals surface area contributed by atoms with Crippen LogP contribution in [0.25, 0.3) is 16.8 Å². The number of amides is 2. The normalized spacial score (nSPS) is 18.7. The largest absolute Gasteiger partial charge is 0.369 e. The van der Waals surface area contributed by atoms with Crippen molar-refractivity contribution in [2.45, 2.75) is 12.0 Å². The van der Waals surface area contributed by atoms with Gasteiger partial charge in [0.25, 0.3) is 11.8 Å². The molecule has 3 N–H and O–H groups in total. The fourth-order valence-electron chi connectivity index (χ4n) is 3.34. The molecule has 2 amide bonds. The number of likely N-dealkylation sites (N-methyl/N-ethyl adjacent to an activating group) is 1. The number of hydrogen-bond acceptors (Lipinski definition) is 4. The molecule has 2 aromatic heterocycles. The van der Waals surface area contributed by atoms with Gasteiger partial charge in [0, 0.05) is 37.3 Å². The highest BCUT2D eigenvalue weighted by Crippen LogP contribution is 2.27. The summed E-state index contributed by atoms with van der Waals surface area (Å²) >= 11 is 6.04. The topological polar surface area (TPSA) is 101 Å². The molecule has 29 heavy (non-hydrogen) atoms. The number of primary amides is 1. The number of fused-ring (bicyclic) bond motifs is 1. The van der Waals surface area contributed by atoms with Crippen LogP contribution in [0.15, 0.2) is 42.6 Å². The van der Waals surface area contributed by atoms with Gasteiger partial charge in [-0.25, -0.2) is 4.98 Å². The predicted octanol–water partition coefficient (Wildman–Crippen LogP) is 1.70. The molecule has 1 saturated heterocycles. The molecule has 3 heterocycles. The fraction of sp³-hybridized carbons (Fsp3) is 0.190. The fourth-order valence-corrected chi connectivity index (χ4v) is 3.50. The monoisotopic (exact) mass is 408 g/mol. The van der Waals surface area contributed by atoms with Crippen molar-refractivity contribution in [2.24, 2.45) is 5.73 Å². The summed E-state index contributed by atoms with van der Waals surface area (Å²) in [4.78, 5) is 29.7. The van der Waals surface area contributed by atoms with E-state index < -0.39 is 17.4 Å².